The summed E-state index contributed by atoms with van der Waals surface area (Å²) < 4.78 is 49.4. The summed E-state index contributed by atoms with van der Waals surface area (Å²) in [6.07, 6.45) is 0. The topological polar surface area (TPSA) is 142 Å². The summed E-state index contributed by atoms with van der Waals surface area (Å²) in [5.74, 6) is 0.940. The standard InChI is InChI=1S/C26H26N4O7S/c1-16-5-6-17(2)22(13-16)36-15-19-9-12-21(37-19)25(31)27-18-7-10-20(11-8-18)38(32,33)30-23-14-24(34-3)29-26(28-23)35-4/h5-14H,15H2,1-4H3,(H,27,31)(H,28,29,30). The van der Waals surface area contributed by atoms with E-state index < -0.39 is 15.9 Å². The highest BCUT2D eigenvalue weighted by Gasteiger charge is 2.18. The predicted octanol–water partition coefficient (Wildman–Crippen LogP) is 4.34. The molecule has 2 N–H and O–H groups in total. The second-order valence-electron chi connectivity index (χ2n) is 8.19. The number of hydrogen-bond donors (Lipinski definition) is 2. The van der Waals surface area contributed by atoms with Gasteiger partial charge in [-0.3, -0.25) is 9.52 Å². The molecule has 0 aliphatic carbocycles. The van der Waals surface area contributed by atoms with E-state index in [1.165, 1.54) is 44.6 Å². The fraction of sp³-hybridized carbons (Fsp3) is 0.192. The first-order chi connectivity index (χ1) is 18.2. The van der Waals surface area contributed by atoms with Gasteiger partial charge in [0.15, 0.2) is 11.6 Å². The third kappa shape index (κ3) is 6.40. The smallest absolute Gasteiger partial charge is 0.321 e. The highest BCUT2D eigenvalue weighted by atomic mass is 32.2. The molecular formula is C26H26N4O7S. The molecule has 198 valence electrons. The number of amides is 1. The van der Waals surface area contributed by atoms with Gasteiger partial charge >= 0.3 is 6.01 Å². The van der Waals surface area contributed by atoms with Crippen molar-refractivity contribution in [3.05, 3.63) is 83.3 Å². The van der Waals surface area contributed by atoms with Crippen molar-refractivity contribution in [2.45, 2.75) is 25.3 Å². The number of carbonyl (C=O) groups is 1. The maximum absolute atomic E-state index is 12.8. The first-order valence-corrected chi connectivity index (χ1v) is 12.9. The number of aryl methyl sites for hydroxylation is 2. The van der Waals surface area contributed by atoms with Crippen molar-refractivity contribution < 1.29 is 31.8 Å². The van der Waals surface area contributed by atoms with Crippen LogP contribution in [0.15, 0.2) is 70.0 Å². The molecule has 2 heterocycles. The number of nitrogens with zero attached hydrogens (tertiary/aromatic N) is 2. The molecule has 0 radical (unpaired) electrons. The Morgan fingerprint density at radius 1 is 0.947 bits per heavy atom. The van der Waals surface area contributed by atoms with E-state index in [0.717, 1.165) is 16.9 Å². The molecule has 0 saturated heterocycles. The third-order valence-corrected chi connectivity index (χ3v) is 6.70. The van der Waals surface area contributed by atoms with E-state index in [0.29, 0.717) is 11.4 Å². The number of aromatic nitrogens is 2. The number of nitrogens with one attached hydrogen (secondary N) is 2. The fourth-order valence-corrected chi connectivity index (χ4v) is 4.34. The molecule has 0 aliphatic rings. The Morgan fingerprint density at radius 2 is 1.71 bits per heavy atom. The van der Waals surface area contributed by atoms with Gasteiger partial charge in [0.05, 0.1) is 19.1 Å². The molecule has 0 bridgehead atoms. The number of furan rings is 1. The van der Waals surface area contributed by atoms with E-state index in [4.69, 9.17) is 18.6 Å². The largest absolute Gasteiger partial charge is 0.485 e. The molecule has 0 fully saturated rings. The molecule has 0 saturated carbocycles. The average Bonchev–Trinajstić information content (AvgIpc) is 3.38. The van der Waals surface area contributed by atoms with Gasteiger partial charge in [0, 0.05) is 11.8 Å². The van der Waals surface area contributed by atoms with E-state index in [1.807, 2.05) is 32.0 Å². The maximum Gasteiger partial charge on any atom is 0.321 e. The van der Waals surface area contributed by atoms with Crippen molar-refractivity contribution >= 4 is 27.4 Å². The molecule has 38 heavy (non-hydrogen) atoms. The monoisotopic (exact) mass is 538 g/mol. The van der Waals surface area contributed by atoms with E-state index in [2.05, 4.69) is 20.0 Å². The van der Waals surface area contributed by atoms with Crippen LogP contribution in [0.1, 0.15) is 27.4 Å². The summed E-state index contributed by atoms with van der Waals surface area (Å²) in [7, 11) is -1.25. The summed E-state index contributed by atoms with van der Waals surface area (Å²) in [5.41, 5.74) is 2.45. The van der Waals surface area contributed by atoms with E-state index in [-0.39, 0.29) is 35.0 Å². The van der Waals surface area contributed by atoms with Crippen LogP contribution in [0.2, 0.25) is 0 Å². The van der Waals surface area contributed by atoms with Crippen molar-refractivity contribution in [1.29, 1.82) is 0 Å². The number of rotatable bonds is 10. The summed E-state index contributed by atoms with van der Waals surface area (Å²) in [4.78, 5) is 20.5. The highest BCUT2D eigenvalue weighted by Crippen LogP contribution is 2.23. The van der Waals surface area contributed by atoms with Gasteiger partial charge in [0.25, 0.3) is 15.9 Å². The van der Waals surface area contributed by atoms with E-state index in [1.54, 1.807) is 12.1 Å². The van der Waals surface area contributed by atoms with Gasteiger partial charge in [-0.1, -0.05) is 12.1 Å². The normalized spacial score (nSPS) is 11.1. The highest BCUT2D eigenvalue weighted by molar-refractivity contribution is 7.92. The number of sulfonamides is 1. The average molecular weight is 539 g/mol. The van der Waals surface area contributed by atoms with Gasteiger partial charge in [-0.25, -0.2) is 8.42 Å². The minimum Gasteiger partial charge on any atom is -0.485 e. The Balaban J connectivity index is 1.38. The van der Waals surface area contributed by atoms with Gasteiger partial charge in [-0.15, -0.1) is 0 Å². The molecule has 0 atom stereocenters. The zero-order chi connectivity index (χ0) is 27.3. The molecule has 0 unspecified atom stereocenters. The second kappa shape index (κ2) is 11.2. The molecule has 2 aromatic heterocycles. The number of carbonyl (C=O) groups excluding carboxylic acids is 1. The lowest BCUT2D eigenvalue weighted by Gasteiger charge is -2.10. The molecule has 11 nitrogen and oxygen atoms in total. The third-order valence-electron chi connectivity index (χ3n) is 5.33. The zero-order valence-corrected chi connectivity index (χ0v) is 22.0. The summed E-state index contributed by atoms with van der Waals surface area (Å²) in [6.45, 7) is 4.10. The Morgan fingerprint density at radius 3 is 2.42 bits per heavy atom. The van der Waals surface area contributed by atoms with Crippen LogP contribution in [-0.4, -0.2) is 38.5 Å². The molecule has 4 rings (SSSR count). The first kappa shape index (κ1) is 26.5. The lowest BCUT2D eigenvalue weighted by atomic mass is 10.1. The van der Waals surface area contributed by atoms with Crippen LogP contribution < -0.4 is 24.2 Å². The quantitative estimate of drug-likeness (QED) is 0.302. The van der Waals surface area contributed by atoms with Gasteiger partial charge < -0.3 is 23.9 Å². The molecule has 1 amide bonds. The van der Waals surface area contributed by atoms with Crippen molar-refractivity contribution in [2.24, 2.45) is 0 Å². The number of ether oxygens (including phenoxy) is 3. The second-order valence-corrected chi connectivity index (χ2v) is 9.87. The number of benzene rings is 2. The van der Waals surface area contributed by atoms with Crippen LogP contribution in [-0.2, 0) is 16.6 Å². The van der Waals surface area contributed by atoms with Gasteiger partial charge in [-0.05, 0) is 67.4 Å². The molecular weight excluding hydrogens is 512 g/mol. The zero-order valence-electron chi connectivity index (χ0n) is 21.1. The van der Waals surface area contributed by atoms with Crippen LogP contribution in [0.3, 0.4) is 0 Å². The van der Waals surface area contributed by atoms with Crippen molar-refractivity contribution in [3.8, 4) is 17.6 Å². The number of anilines is 2. The molecule has 12 heteroatoms. The maximum atomic E-state index is 12.8. The van der Waals surface area contributed by atoms with Crippen LogP contribution in [0.25, 0.3) is 0 Å². The minimum absolute atomic E-state index is 0.0266. The van der Waals surface area contributed by atoms with Crippen LogP contribution >= 0.6 is 0 Å². The lowest BCUT2D eigenvalue weighted by molar-refractivity contribution is 0.0992. The van der Waals surface area contributed by atoms with Gasteiger partial charge in [0.1, 0.15) is 18.1 Å². The minimum atomic E-state index is -3.99. The van der Waals surface area contributed by atoms with Crippen LogP contribution in [0.5, 0.6) is 17.6 Å². The SMILES string of the molecule is COc1cc(NS(=O)(=O)c2ccc(NC(=O)c3ccc(COc4cc(C)ccc4C)o3)cc2)nc(OC)n1. The van der Waals surface area contributed by atoms with Gasteiger partial charge in [-0.2, -0.15) is 9.97 Å². The lowest BCUT2D eigenvalue weighted by Crippen LogP contribution is -2.15. The molecule has 0 spiro atoms. The number of methoxy groups -OCH3 is 2. The van der Waals surface area contributed by atoms with Gasteiger partial charge in [0.2, 0.25) is 5.88 Å². The molecule has 4 aromatic rings. The number of hydrogen-bond acceptors (Lipinski definition) is 9. The Bertz CT molecular complexity index is 1530. The van der Waals surface area contributed by atoms with Crippen molar-refractivity contribution in [3.63, 3.8) is 0 Å². The molecule has 0 aliphatic heterocycles. The first-order valence-electron chi connectivity index (χ1n) is 11.4. The summed E-state index contributed by atoms with van der Waals surface area (Å²) >= 11 is 0. The van der Waals surface area contributed by atoms with Crippen LogP contribution in [0, 0.1) is 13.8 Å². The predicted molar refractivity (Wildman–Crippen MR) is 139 cm³/mol. The van der Waals surface area contributed by atoms with E-state index in [9.17, 15) is 13.2 Å². The Labute approximate surface area is 219 Å². The van der Waals surface area contributed by atoms with Crippen molar-refractivity contribution in [2.75, 3.05) is 24.3 Å². The fourth-order valence-electron chi connectivity index (χ4n) is 3.35. The summed E-state index contributed by atoms with van der Waals surface area (Å²) in [6, 6.07) is 16.0. The van der Waals surface area contributed by atoms with Crippen LogP contribution in [0.4, 0.5) is 11.5 Å². The Kier molecular flexibility index (Phi) is 7.82. The van der Waals surface area contributed by atoms with E-state index >= 15 is 0 Å². The summed E-state index contributed by atoms with van der Waals surface area (Å²) in [5, 5.41) is 2.68. The molecule has 2 aromatic carbocycles. The van der Waals surface area contributed by atoms with Crippen molar-refractivity contribution in [1.82, 2.24) is 9.97 Å². The Hall–Kier alpha value is -4.58.